The van der Waals surface area contributed by atoms with Crippen LogP contribution >= 0.6 is 0 Å². The smallest absolute Gasteiger partial charge is 0.376 e. The van der Waals surface area contributed by atoms with Gasteiger partial charge in [-0.05, 0) is 42.7 Å². The van der Waals surface area contributed by atoms with E-state index in [2.05, 4.69) is 16.0 Å². The Kier molecular flexibility index (Phi) is 8.84. The first-order valence-electron chi connectivity index (χ1n) is 10.3. The van der Waals surface area contributed by atoms with Crippen molar-refractivity contribution in [2.75, 3.05) is 30.3 Å². The molecular formula is C23H27F3N4O3. The first-order chi connectivity index (χ1) is 15.5. The van der Waals surface area contributed by atoms with Crippen LogP contribution in [0.1, 0.15) is 40.1 Å². The molecule has 2 aromatic carbocycles. The summed E-state index contributed by atoms with van der Waals surface area (Å²) in [6.07, 6.45) is -4.51. The Bertz CT molecular complexity index is 1010. The Morgan fingerprint density at radius 1 is 0.939 bits per heavy atom. The molecule has 4 N–H and O–H groups in total. The van der Waals surface area contributed by atoms with Gasteiger partial charge in [0.15, 0.2) is 0 Å². The van der Waals surface area contributed by atoms with Gasteiger partial charge in [0.2, 0.25) is 5.91 Å². The molecule has 0 saturated carbocycles. The summed E-state index contributed by atoms with van der Waals surface area (Å²) >= 11 is 0. The Morgan fingerprint density at radius 3 is 2.30 bits per heavy atom. The summed E-state index contributed by atoms with van der Waals surface area (Å²) in [5.41, 5.74) is 1.82. The van der Waals surface area contributed by atoms with Crippen LogP contribution in [-0.4, -0.2) is 43.5 Å². The van der Waals surface area contributed by atoms with Gasteiger partial charge in [-0.25, -0.2) is 0 Å². The fourth-order valence-electron chi connectivity index (χ4n) is 2.79. The highest BCUT2D eigenvalue weighted by Crippen LogP contribution is 2.19. The molecule has 0 aliphatic rings. The third-order valence-corrected chi connectivity index (χ3v) is 4.51. The Labute approximate surface area is 190 Å². The highest BCUT2D eigenvalue weighted by molar-refractivity contribution is 6.04. The van der Waals surface area contributed by atoms with Crippen molar-refractivity contribution < 1.29 is 27.6 Å². The summed E-state index contributed by atoms with van der Waals surface area (Å²) in [5.74, 6) is -1.35. The summed E-state index contributed by atoms with van der Waals surface area (Å²) in [6, 6.07) is 10.9. The Balaban J connectivity index is 2.01. The summed E-state index contributed by atoms with van der Waals surface area (Å²) in [4.78, 5) is 36.8. The number of rotatable bonds is 9. The SMILES string of the molecule is Cc1ccc(C(=O)NCC(F)(F)F)cc1NCC(=O)Nc1ccccc1C(=O)NCC(C)C. The third kappa shape index (κ3) is 8.47. The summed E-state index contributed by atoms with van der Waals surface area (Å²) < 4.78 is 37.0. The largest absolute Gasteiger partial charge is 0.405 e. The van der Waals surface area contributed by atoms with Crippen LogP contribution in [0.5, 0.6) is 0 Å². The van der Waals surface area contributed by atoms with Gasteiger partial charge in [0.05, 0.1) is 17.8 Å². The van der Waals surface area contributed by atoms with Gasteiger partial charge in [-0.1, -0.05) is 32.0 Å². The van der Waals surface area contributed by atoms with Crippen molar-refractivity contribution in [3.8, 4) is 0 Å². The average molecular weight is 464 g/mol. The van der Waals surface area contributed by atoms with Gasteiger partial charge in [0.1, 0.15) is 6.54 Å². The van der Waals surface area contributed by atoms with Crippen LogP contribution in [0.2, 0.25) is 0 Å². The molecule has 0 spiro atoms. The van der Waals surface area contributed by atoms with Crippen molar-refractivity contribution in [1.82, 2.24) is 10.6 Å². The number of para-hydroxylation sites is 1. The molecule has 0 unspecified atom stereocenters. The topological polar surface area (TPSA) is 99.3 Å². The molecule has 0 atom stereocenters. The van der Waals surface area contributed by atoms with Crippen molar-refractivity contribution in [3.63, 3.8) is 0 Å². The van der Waals surface area contributed by atoms with E-state index in [0.29, 0.717) is 29.0 Å². The predicted octanol–water partition coefficient (Wildman–Crippen LogP) is 3.72. The number of amides is 3. The number of nitrogens with one attached hydrogen (secondary N) is 4. The van der Waals surface area contributed by atoms with Gasteiger partial charge >= 0.3 is 6.18 Å². The zero-order valence-electron chi connectivity index (χ0n) is 18.6. The molecule has 0 heterocycles. The fourth-order valence-corrected chi connectivity index (χ4v) is 2.79. The molecule has 7 nitrogen and oxygen atoms in total. The second kappa shape index (κ2) is 11.3. The van der Waals surface area contributed by atoms with Crippen molar-refractivity contribution >= 4 is 29.1 Å². The maximum Gasteiger partial charge on any atom is 0.405 e. The second-order valence-corrected chi connectivity index (χ2v) is 7.88. The Morgan fingerprint density at radius 2 is 1.64 bits per heavy atom. The van der Waals surface area contributed by atoms with Gasteiger partial charge in [0, 0.05) is 17.8 Å². The lowest BCUT2D eigenvalue weighted by molar-refractivity contribution is -0.123. The van der Waals surface area contributed by atoms with E-state index in [1.54, 1.807) is 37.3 Å². The molecule has 0 bridgehead atoms. The van der Waals surface area contributed by atoms with Crippen molar-refractivity contribution in [3.05, 3.63) is 59.2 Å². The number of aryl methyl sites for hydroxylation is 1. The normalized spacial score (nSPS) is 11.1. The lowest BCUT2D eigenvalue weighted by Gasteiger charge is -2.14. The molecule has 33 heavy (non-hydrogen) atoms. The van der Waals surface area contributed by atoms with Crippen LogP contribution in [0, 0.1) is 12.8 Å². The molecule has 2 rings (SSSR count). The first kappa shape index (κ1) is 25.7. The maximum absolute atomic E-state index is 12.5. The highest BCUT2D eigenvalue weighted by atomic mass is 19.4. The van der Waals surface area contributed by atoms with Crippen LogP contribution in [0.4, 0.5) is 24.5 Å². The molecule has 10 heteroatoms. The summed E-state index contributed by atoms with van der Waals surface area (Å²) in [6.45, 7) is 4.54. The van der Waals surface area contributed by atoms with Crippen LogP contribution in [0.25, 0.3) is 0 Å². The molecule has 0 radical (unpaired) electrons. The molecule has 0 saturated heterocycles. The van der Waals surface area contributed by atoms with Gasteiger partial charge in [-0.2, -0.15) is 13.2 Å². The van der Waals surface area contributed by atoms with Gasteiger partial charge in [-0.3, -0.25) is 14.4 Å². The number of carbonyl (C=O) groups is 3. The molecule has 2 aromatic rings. The zero-order valence-corrected chi connectivity index (χ0v) is 18.6. The van der Waals surface area contributed by atoms with Gasteiger partial charge in [0.25, 0.3) is 11.8 Å². The van der Waals surface area contributed by atoms with E-state index in [9.17, 15) is 27.6 Å². The number of benzene rings is 2. The minimum Gasteiger partial charge on any atom is -0.376 e. The van der Waals surface area contributed by atoms with E-state index in [0.717, 1.165) is 0 Å². The van der Waals surface area contributed by atoms with Crippen LogP contribution in [0.3, 0.4) is 0 Å². The molecule has 0 fully saturated rings. The number of carbonyl (C=O) groups excluding carboxylic acids is 3. The van der Waals surface area contributed by atoms with Crippen LogP contribution < -0.4 is 21.3 Å². The summed E-state index contributed by atoms with van der Waals surface area (Å²) in [7, 11) is 0. The number of anilines is 2. The first-order valence-corrected chi connectivity index (χ1v) is 10.3. The molecule has 0 aliphatic carbocycles. The minimum absolute atomic E-state index is 0.0277. The van der Waals surface area contributed by atoms with E-state index in [1.807, 2.05) is 19.2 Å². The fraction of sp³-hybridized carbons (Fsp3) is 0.348. The van der Waals surface area contributed by atoms with Crippen LogP contribution in [0.15, 0.2) is 42.5 Å². The van der Waals surface area contributed by atoms with Crippen molar-refractivity contribution in [2.24, 2.45) is 5.92 Å². The number of hydrogen-bond acceptors (Lipinski definition) is 4. The van der Waals surface area contributed by atoms with Crippen molar-refractivity contribution in [1.29, 1.82) is 0 Å². The average Bonchev–Trinajstić information content (AvgIpc) is 2.75. The lowest BCUT2D eigenvalue weighted by Crippen LogP contribution is -2.33. The minimum atomic E-state index is -4.51. The number of hydrogen-bond donors (Lipinski definition) is 4. The van der Waals surface area contributed by atoms with E-state index >= 15 is 0 Å². The van der Waals surface area contributed by atoms with Crippen LogP contribution in [-0.2, 0) is 4.79 Å². The number of halogens is 3. The highest BCUT2D eigenvalue weighted by Gasteiger charge is 2.28. The van der Waals surface area contributed by atoms with E-state index in [1.165, 1.54) is 12.1 Å². The van der Waals surface area contributed by atoms with Gasteiger partial charge in [-0.15, -0.1) is 0 Å². The molecule has 178 valence electrons. The third-order valence-electron chi connectivity index (χ3n) is 4.51. The maximum atomic E-state index is 12.5. The van der Waals surface area contributed by atoms with E-state index in [4.69, 9.17) is 0 Å². The summed E-state index contributed by atoms with van der Waals surface area (Å²) in [5, 5.41) is 10.2. The molecule has 0 aromatic heterocycles. The zero-order chi connectivity index (χ0) is 24.6. The predicted molar refractivity (Wildman–Crippen MR) is 120 cm³/mol. The van der Waals surface area contributed by atoms with Gasteiger partial charge < -0.3 is 21.3 Å². The lowest BCUT2D eigenvalue weighted by atomic mass is 10.1. The molecule has 3 amide bonds. The van der Waals surface area contributed by atoms with Crippen molar-refractivity contribution in [2.45, 2.75) is 26.9 Å². The Hall–Kier alpha value is -3.56. The van der Waals surface area contributed by atoms with E-state index in [-0.39, 0.29) is 23.9 Å². The molecular weight excluding hydrogens is 437 g/mol. The second-order valence-electron chi connectivity index (χ2n) is 7.88. The number of alkyl halides is 3. The molecule has 0 aliphatic heterocycles. The monoisotopic (exact) mass is 464 g/mol. The standard InChI is InChI=1S/C23H27F3N4O3/c1-14(2)11-28-22(33)17-6-4-5-7-18(17)30-20(31)12-27-19-10-16(9-8-15(19)3)21(32)29-13-23(24,25)26/h4-10,14,27H,11-13H2,1-3H3,(H,28,33)(H,29,32)(H,30,31). The quantitative estimate of drug-likeness (QED) is 0.455. The van der Waals surface area contributed by atoms with E-state index < -0.39 is 24.5 Å².